The minimum atomic E-state index is -0.480. The smallest absolute Gasteiger partial charge is 0.222 e. The Labute approximate surface area is 149 Å². The number of hydrogen-bond donors (Lipinski definition) is 1. The molecule has 0 aliphatic carbocycles. The highest BCUT2D eigenvalue weighted by atomic mass is 19.1. The standard InChI is InChI=1S/C19H28FN3O2/c1-21-10-12-22(13-11-21)17-8-9-23(14-18(17)24)19(25)7-4-15-2-5-16(20)6-3-15/h2-3,5-6,17-18,24H,4,7-14H2,1H3/t17-,18-/m1/s1. The number of rotatable bonds is 4. The maximum atomic E-state index is 12.9. The molecular weight excluding hydrogens is 321 g/mol. The topological polar surface area (TPSA) is 47.0 Å². The number of carbonyl (C=O) groups is 1. The molecule has 0 aromatic heterocycles. The zero-order valence-corrected chi connectivity index (χ0v) is 14.9. The number of β-amino-alcohol motifs (C(OH)–C–C–N with tert-alkyl or cyclic N) is 1. The van der Waals surface area contributed by atoms with E-state index in [-0.39, 0.29) is 17.8 Å². The van der Waals surface area contributed by atoms with Crippen molar-refractivity contribution < 1.29 is 14.3 Å². The van der Waals surface area contributed by atoms with E-state index in [0.29, 0.717) is 25.9 Å². The number of aliphatic hydroxyl groups excluding tert-OH is 1. The lowest BCUT2D eigenvalue weighted by atomic mass is 9.98. The van der Waals surface area contributed by atoms with E-state index < -0.39 is 6.10 Å². The molecule has 6 heteroatoms. The zero-order chi connectivity index (χ0) is 17.8. The second-order valence-electron chi connectivity index (χ2n) is 7.23. The van der Waals surface area contributed by atoms with Gasteiger partial charge in [-0.1, -0.05) is 12.1 Å². The fraction of sp³-hybridized carbons (Fsp3) is 0.632. The minimum Gasteiger partial charge on any atom is -0.390 e. The van der Waals surface area contributed by atoms with Gasteiger partial charge in [-0.3, -0.25) is 9.69 Å². The second kappa shape index (κ2) is 8.25. The van der Waals surface area contributed by atoms with E-state index in [1.54, 1.807) is 17.0 Å². The van der Waals surface area contributed by atoms with Crippen LogP contribution in [0.2, 0.25) is 0 Å². The Morgan fingerprint density at radius 3 is 2.48 bits per heavy atom. The molecule has 5 nitrogen and oxygen atoms in total. The third-order valence-corrected chi connectivity index (χ3v) is 5.45. The van der Waals surface area contributed by atoms with E-state index in [1.165, 1.54) is 12.1 Å². The number of amides is 1. The monoisotopic (exact) mass is 349 g/mol. The Balaban J connectivity index is 1.46. The minimum absolute atomic E-state index is 0.0696. The van der Waals surface area contributed by atoms with Gasteiger partial charge in [-0.2, -0.15) is 0 Å². The van der Waals surface area contributed by atoms with Gasteiger partial charge in [0, 0.05) is 51.7 Å². The molecule has 1 aromatic carbocycles. The van der Waals surface area contributed by atoms with Crippen molar-refractivity contribution in [1.82, 2.24) is 14.7 Å². The Kier molecular flexibility index (Phi) is 6.04. The molecule has 2 heterocycles. The number of benzene rings is 1. The number of aliphatic hydroxyl groups is 1. The summed E-state index contributed by atoms with van der Waals surface area (Å²) in [5.41, 5.74) is 0.961. The third kappa shape index (κ3) is 4.77. The average Bonchev–Trinajstić information content (AvgIpc) is 2.62. The van der Waals surface area contributed by atoms with Crippen LogP contribution in [0.15, 0.2) is 24.3 Å². The highest BCUT2D eigenvalue weighted by Gasteiger charge is 2.34. The van der Waals surface area contributed by atoms with Crippen LogP contribution in [0, 0.1) is 5.82 Å². The molecule has 0 unspecified atom stereocenters. The van der Waals surface area contributed by atoms with Crippen molar-refractivity contribution in [2.24, 2.45) is 0 Å². The molecule has 2 atom stereocenters. The van der Waals surface area contributed by atoms with E-state index in [9.17, 15) is 14.3 Å². The summed E-state index contributed by atoms with van der Waals surface area (Å²) in [6.45, 7) is 5.15. The van der Waals surface area contributed by atoms with Gasteiger partial charge >= 0.3 is 0 Å². The van der Waals surface area contributed by atoms with Crippen LogP contribution >= 0.6 is 0 Å². The SMILES string of the molecule is CN1CCN([C@@H]2CCN(C(=O)CCc3ccc(F)cc3)C[C@H]2O)CC1. The Bertz CT molecular complexity index is 573. The second-order valence-corrected chi connectivity index (χ2v) is 7.23. The summed E-state index contributed by atoms with van der Waals surface area (Å²) >= 11 is 0. The molecule has 2 saturated heterocycles. The number of piperidine rings is 1. The maximum Gasteiger partial charge on any atom is 0.222 e. The lowest BCUT2D eigenvalue weighted by molar-refractivity contribution is -0.136. The van der Waals surface area contributed by atoms with E-state index in [4.69, 9.17) is 0 Å². The van der Waals surface area contributed by atoms with Crippen LogP contribution in [-0.4, -0.2) is 84.2 Å². The summed E-state index contributed by atoms with van der Waals surface area (Å²) in [6, 6.07) is 6.44. The van der Waals surface area contributed by atoms with Crippen LogP contribution in [-0.2, 0) is 11.2 Å². The summed E-state index contributed by atoms with van der Waals surface area (Å²) in [4.78, 5) is 18.9. The first-order valence-electron chi connectivity index (χ1n) is 9.16. The fourth-order valence-corrected chi connectivity index (χ4v) is 3.79. The third-order valence-electron chi connectivity index (χ3n) is 5.45. The van der Waals surface area contributed by atoms with Gasteiger partial charge in [0.25, 0.3) is 0 Å². The van der Waals surface area contributed by atoms with Crippen LogP contribution in [0.5, 0.6) is 0 Å². The molecule has 3 rings (SSSR count). The Morgan fingerprint density at radius 1 is 1.16 bits per heavy atom. The van der Waals surface area contributed by atoms with Gasteiger partial charge in [-0.05, 0) is 37.6 Å². The lowest BCUT2D eigenvalue weighted by Gasteiger charge is -2.44. The lowest BCUT2D eigenvalue weighted by Crippen LogP contribution is -2.59. The molecular formula is C19H28FN3O2. The molecule has 138 valence electrons. The first kappa shape index (κ1) is 18.3. The van der Waals surface area contributed by atoms with Gasteiger partial charge in [-0.25, -0.2) is 4.39 Å². The highest BCUT2D eigenvalue weighted by Crippen LogP contribution is 2.20. The van der Waals surface area contributed by atoms with E-state index in [2.05, 4.69) is 16.8 Å². The predicted molar refractivity (Wildman–Crippen MR) is 94.8 cm³/mol. The van der Waals surface area contributed by atoms with Gasteiger partial charge in [0.05, 0.1) is 6.10 Å². The number of likely N-dealkylation sites (tertiary alicyclic amines) is 1. The normalized spacial score (nSPS) is 26.0. The van der Waals surface area contributed by atoms with Crippen LogP contribution in [0.1, 0.15) is 18.4 Å². The summed E-state index contributed by atoms with van der Waals surface area (Å²) in [5, 5.41) is 10.5. The Morgan fingerprint density at radius 2 is 1.84 bits per heavy atom. The molecule has 0 radical (unpaired) electrons. The van der Waals surface area contributed by atoms with Gasteiger partial charge in [0.2, 0.25) is 5.91 Å². The largest absolute Gasteiger partial charge is 0.390 e. The van der Waals surface area contributed by atoms with Gasteiger partial charge in [0.1, 0.15) is 5.82 Å². The average molecular weight is 349 g/mol. The first-order valence-corrected chi connectivity index (χ1v) is 9.16. The van der Waals surface area contributed by atoms with Crippen LogP contribution in [0.25, 0.3) is 0 Å². The molecule has 2 fully saturated rings. The van der Waals surface area contributed by atoms with E-state index in [1.807, 2.05) is 0 Å². The van der Waals surface area contributed by atoms with Crippen LogP contribution in [0.4, 0.5) is 4.39 Å². The number of nitrogens with zero attached hydrogens (tertiary/aromatic N) is 3. The maximum absolute atomic E-state index is 12.9. The quantitative estimate of drug-likeness (QED) is 0.880. The molecule has 2 aliphatic rings. The summed E-state index contributed by atoms with van der Waals surface area (Å²) < 4.78 is 12.9. The van der Waals surface area contributed by atoms with E-state index in [0.717, 1.165) is 38.2 Å². The fourth-order valence-electron chi connectivity index (χ4n) is 3.79. The zero-order valence-electron chi connectivity index (χ0n) is 14.9. The molecule has 1 aromatic rings. The summed E-state index contributed by atoms with van der Waals surface area (Å²) in [5.74, 6) is -0.190. The van der Waals surface area contributed by atoms with Gasteiger partial charge < -0.3 is 14.9 Å². The number of aryl methyl sites for hydroxylation is 1. The predicted octanol–water partition coefficient (Wildman–Crippen LogP) is 0.967. The molecule has 2 aliphatic heterocycles. The van der Waals surface area contributed by atoms with Crippen LogP contribution in [0.3, 0.4) is 0 Å². The molecule has 0 saturated carbocycles. The molecule has 1 N–H and O–H groups in total. The number of carbonyl (C=O) groups excluding carboxylic acids is 1. The number of piperazine rings is 1. The van der Waals surface area contributed by atoms with Crippen molar-refractivity contribution in [1.29, 1.82) is 0 Å². The molecule has 25 heavy (non-hydrogen) atoms. The number of halogens is 1. The summed E-state index contributed by atoms with van der Waals surface area (Å²) in [6.07, 6.45) is 1.35. The van der Waals surface area contributed by atoms with Crippen LogP contribution < -0.4 is 0 Å². The van der Waals surface area contributed by atoms with Crippen molar-refractivity contribution in [3.05, 3.63) is 35.6 Å². The van der Waals surface area contributed by atoms with Crippen molar-refractivity contribution in [2.45, 2.75) is 31.4 Å². The molecule has 0 bridgehead atoms. The molecule has 1 amide bonds. The van der Waals surface area contributed by atoms with Crippen molar-refractivity contribution >= 4 is 5.91 Å². The van der Waals surface area contributed by atoms with Crippen molar-refractivity contribution in [3.63, 3.8) is 0 Å². The van der Waals surface area contributed by atoms with E-state index >= 15 is 0 Å². The highest BCUT2D eigenvalue weighted by molar-refractivity contribution is 5.76. The van der Waals surface area contributed by atoms with Crippen molar-refractivity contribution in [2.75, 3.05) is 46.3 Å². The van der Waals surface area contributed by atoms with Gasteiger partial charge in [0.15, 0.2) is 0 Å². The van der Waals surface area contributed by atoms with Gasteiger partial charge in [-0.15, -0.1) is 0 Å². The molecule has 0 spiro atoms. The van der Waals surface area contributed by atoms with Crippen molar-refractivity contribution in [3.8, 4) is 0 Å². The first-order chi connectivity index (χ1) is 12.0. The number of hydrogen-bond acceptors (Lipinski definition) is 4. The number of likely N-dealkylation sites (N-methyl/N-ethyl adjacent to an activating group) is 1. The Hall–Kier alpha value is -1.50. The summed E-state index contributed by atoms with van der Waals surface area (Å²) in [7, 11) is 2.12.